The van der Waals surface area contributed by atoms with Gasteiger partial charge >= 0.3 is 0 Å². The number of azide groups is 1. The molecule has 0 heterocycles. The van der Waals surface area contributed by atoms with Crippen LogP contribution in [0.3, 0.4) is 0 Å². The number of hydrogen-bond acceptors (Lipinski definition) is 4. The lowest BCUT2D eigenvalue weighted by Gasteiger charge is -2.13. The fourth-order valence-electron chi connectivity index (χ4n) is 2.55. The molecule has 24 heavy (non-hydrogen) atoms. The lowest BCUT2D eigenvalue weighted by atomic mass is 10.0. The van der Waals surface area contributed by atoms with Crippen molar-refractivity contribution in [2.45, 2.75) is 96.1 Å². The Morgan fingerprint density at radius 1 is 1.04 bits per heavy atom. The van der Waals surface area contributed by atoms with Crippen molar-refractivity contribution in [1.82, 2.24) is 0 Å². The van der Waals surface area contributed by atoms with Gasteiger partial charge in [0.05, 0.1) is 12.1 Å². The van der Waals surface area contributed by atoms with Crippen LogP contribution in [0.2, 0.25) is 0 Å². The molecular weight excluding hydrogens is 304 g/mol. The average Bonchev–Trinajstić information content (AvgIpc) is 2.58. The summed E-state index contributed by atoms with van der Waals surface area (Å²) in [5.41, 5.74) is 13.8. The third-order valence-corrected chi connectivity index (χ3v) is 4.11. The van der Waals surface area contributed by atoms with Crippen molar-refractivity contribution in [3.8, 4) is 0 Å². The highest BCUT2D eigenvalue weighted by atomic mass is 16.6. The molecule has 0 fully saturated rings. The Morgan fingerprint density at radius 3 is 2.12 bits per heavy atom. The number of rotatable bonds is 17. The van der Waals surface area contributed by atoms with Crippen molar-refractivity contribution < 1.29 is 9.94 Å². The molecule has 0 aromatic rings. The van der Waals surface area contributed by atoms with Crippen molar-refractivity contribution >= 4 is 0 Å². The first-order chi connectivity index (χ1) is 11.7. The van der Waals surface area contributed by atoms with E-state index in [9.17, 15) is 5.11 Å². The molecule has 0 saturated carbocycles. The summed E-state index contributed by atoms with van der Waals surface area (Å²) in [6.45, 7) is 2.26. The van der Waals surface area contributed by atoms with Crippen molar-refractivity contribution in [2.75, 3.05) is 6.61 Å². The molecule has 0 aromatic carbocycles. The van der Waals surface area contributed by atoms with Gasteiger partial charge in [0.15, 0.2) is 0 Å². The van der Waals surface area contributed by atoms with Gasteiger partial charge < -0.3 is 15.7 Å². The standard InChI is InChI=1S/C18H36N4O2/c1-2-3-4-5-6-7-8-9-10-11-12-13-14-15-18(23)17(19)16-24-22-21-20/h14-15,17-18,23H,2-13,16,19H2,1H3/b15-14-. The van der Waals surface area contributed by atoms with Crippen LogP contribution in [0.4, 0.5) is 0 Å². The molecule has 6 nitrogen and oxygen atoms in total. The van der Waals surface area contributed by atoms with E-state index in [1.165, 1.54) is 64.2 Å². The molecule has 0 spiro atoms. The van der Waals surface area contributed by atoms with Crippen LogP contribution in [-0.2, 0) is 4.84 Å². The number of nitrogens with two attached hydrogens (primary N) is 1. The summed E-state index contributed by atoms with van der Waals surface area (Å²) >= 11 is 0. The normalized spacial score (nSPS) is 13.6. The molecule has 2 unspecified atom stereocenters. The molecule has 6 heteroatoms. The Morgan fingerprint density at radius 2 is 1.58 bits per heavy atom. The van der Waals surface area contributed by atoms with Gasteiger partial charge in [-0.15, -0.1) is 0 Å². The van der Waals surface area contributed by atoms with Gasteiger partial charge in [-0.3, -0.25) is 0 Å². The number of hydrogen-bond donors (Lipinski definition) is 2. The summed E-state index contributed by atoms with van der Waals surface area (Å²) in [6, 6.07) is -0.580. The third-order valence-electron chi connectivity index (χ3n) is 4.11. The molecule has 0 amide bonds. The van der Waals surface area contributed by atoms with Crippen LogP contribution in [0.15, 0.2) is 17.4 Å². The lowest BCUT2D eigenvalue weighted by molar-refractivity contribution is 0.0820. The monoisotopic (exact) mass is 340 g/mol. The summed E-state index contributed by atoms with van der Waals surface area (Å²) in [4.78, 5) is 7.03. The van der Waals surface area contributed by atoms with Gasteiger partial charge in [0, 0.05) is 4.91 Å². The van der Waals surface area contributed by atoms with Gasteiger partial charge in [-0.25, -0.2) is 0 Å². The van der Waals surface area contributed by atoms with Crippen LogP contribution < -0.4 is 5.73 Å². The first kappa shape index (κ1) is 22.8. The van der Waals surface area contributed by atoms with Crippen LogP contribution in [-0.4, -0.2) is 23.9 Å². The molecule has 2 atom stereocenters. The first-order valence-corrected chi connectivity index (χ1v) is 9.49. The van der Waals surface area contributed by atoms with E-state index >= 15 is 0 Å². The summed E-state index contributed by atoms with van der Waals surface area (Å²) in [7, 11) is 0. The van der Waals surface area contributed by atoms with Gasteiger partial charge in [-0.05, 0) is 18.4 Å². The van der Waals surface area contributed by atoms with E-state index in [0.717, 1.165) is 12.8 Å². The molecule has 0 radical (unpaired) electrons. The highest BCUT2D eigenvalue weighted by Crippen LogP contribution is 2.12. The number of allylic oxidation sites excluding steroid dienone is 1. The van der Waals surface area contributed by atoms with E-state index in [1.807, 2.05) is 6.08 Å². The van der Waals surface area contributed by atoms with Crippen molar-refractivity contribution in [1.29, 1.82) is 0 Å². The Labute approximate surface area is 147 Å². The molecule has 140 valence electrons. The molecule has 0 bridgehead atoms. The summed E-state index contributed by atoms with van der Waals surface area (Å²) in [6.07, 6.45) is 18.5. The quantitative estimate of drug-likeness (QED) is 0.0952. The van der Waals surface area contributed by atoms with Gasteiger partial charge in [-0.1, -0.05) is 83.3 Å². The van der Waals surface area contributed by atoms with Gasteiger partial charge in [0.25, 0.3) is 0 Å². The minimum Gasteiger partial charge on any atom is -0.432 e. The van der Waals surface area contributed by atoms with Crippen molar-refractivity contribution in [3.63, 3.8) is 0 Å². The predicted molar refractivity (Wildman–Crippen MR) is 99.3 cm³/mol. The lowest BCUT2D eigenvalue weighted by Crippen LogP contribution is -2.37. The first-order valence-electron chi connectivity index (χ1n) is 9.49. The van der Waals surface area contributed by atoms with Crippen LogP contribution >= 0.6 is 0 Å². The van der Waals surface area contributed by atoms with Gasteiger partial charge in [-0.2, -0.15) is 0 Å². The van der Waals surface area contributed by atoms with E-state index in [-0.39, 0.29) is 6.61 Å². The summed E-state index contributed by atoms with van der Waals surface area (Å²) < 4.78 is 0. The van der Waals surface area contributed by atoms with Crippen LogP contribution in [0.5, 0.6) is 0 Å². The average molecular weight is 341 g/mol. The maximum Gasteiger partial charge on any atom is 0.115 e. The SMILES string of the molecule is CCCCCCCCCCCCC/C=C\C(O)C(N)CON=[N+]=[N-]. The zero-order valence-electron chi connectivity index (χ0n) is 15.3. The van der Waals surface area contributed by atoms with E-state index in [4.69, 9.17) is 11.3 Å². The summed E-state index contributed by atoms with van der Waals surface area (Å²) in [5.74, 6) is 0. The molecule has 3 N–H and O–H groups in total. The Balaban J connectivity index is 3.37. The van der Waals surface area contributed by atoms with Crippen LogP contribution in [0, 0.1) is 0 Å². The maximum absolute atomic E-state index is 9.77. The maximum atomic E-state index is 9.77. The van der Waals surface area contributed by atoms with Crippen molar-refractivity contribution in [3.05, 3.63) is 22.6 Å². The minimum absolute atomic E-state index is 0.00795. The third kappa shape index (κ3) is 15.7. The second-order valence-electron chi connectivity index (χ2n) is 6.37. The topological polar surface area (TPSA) is 104 Å². The molecule has 0 aliphatic rings. The smallest absolute Gasteiger partial charge is 0.115 e. The van der Waals surface area contributed by atoms with Gasteiger partial charge in [0.1, 0.15) is 11.9 Å². The molecule has 0 rings (SSSR count). The molecular formula is C18H36N4O2. The zero-order chi connectivity index (χ0) is 17.9. The Hall–Kier alpha value is -1.23. The van der Waals surface area contributed by atoms with Crippen LogP contribution in [0.25, 0.3) is 10.4 Å². The number of unbranched alkanes of at least 4 members (excludes halogenated alkanes) is 11. The largest absolute Gasteiger partial charge is 0.432 e. The zero-order valence-corrected chi connectivity index (χ0v) is 15.3. The van der Waals surface area contributed by atoms with E-state index < -0.39 is 12.1 Å². The van der Waals surface area contributed by atoms with Crippen LogP contribution in [0.1, 0.15) is 84.0 Å². The second-order valence-corrected chi connectivity index (χ2v) is 6.37. The predicted octanol–water partition coefficient (Wildman–Crippen LogP) is 5.17. The molecule has 0 saturated heterocycles. The second kappa shape index (κ2) is 18.1. The number of aliphatic hydroxyl groups excluding tert-OH is 1. The Bertz CT molecular complexity index is 344. The van der Waals surface area contributed by atoms with E-state index in [1.54, 1.807) is 6.08 Å². The number of nitrogens with zero attached hydrogens (tertiary/aromatic N) is 3. The molecule has 0 aliphatic heterocycles. The fourth-order valence-corrected chi connectivity index (χ4v) is 2.55. The molecule has 0 aromatic heterocycles. The number of aliphatic hydroxyl groups is 1. The highest BCUT2D eigenvalue weighted by molar-refractivity contribution is 4.93. The molecule has 0 aliphatic carbocycles. The van der Waals surface area contributed by atoms with E-state index in [2.05, 4.69) is 22.0 Å². The van der Waals surface area contributed by atoms with Crippen molar-refractivity contribution in [2.24, 2.45) is 11.0 Å². The van der Waals surface area contributed by atoms with Gasteiger partial charge in [0.2, 0.25) is 0 Å². The summed E-state index contributed by atoms with van der Waals surface area (Å²) in [5, 5.41) is 12.7. The fraction of sp³-hybridized carbons (Fsp3) is 0.889. The van der Waals surface area contributed by atoms with E-state index in [0.29, 0.717) is 0 Å². The Kier molecular flexibility index (Phi) is 17.2. The highest BCUT2D eigenvalue weighted by Gasteiger charge is 2.11. The minimum atomic E-state index is -0.772.